The molecule has 1 fully saturated rings. The molecule has 0 aromatic carbocycles. The molecule has 0 radical (unpaired) electrons. The fourth-order valence-electron chi connectivity index (χ4n) is 2.87. The van der Waals surface area contributed by atoms with Crippen LogP contribution in [-0.4, -0.2) is 22.0 Å². The van der Waals surface area contributed by atoms with Crippen molar-refractivity contribution in [1.29, 1.82) is 0 Å². The standard InChI is InChI=1S/C16H22N2O3/c1-12-5-6-13(10-17-12)11-18-14(19)9-16(15(20)21)7-3-2-4-8-16/h5-6,10H,2-4,7-9,11H2,1H3,(H,18,19)(H,20,21). The third kappa shape index (κ3) is 4.03. The lowest BCUT2D eigenvalue weighted by atomic mass is 9.71. The molecule has 0 atom stereocenters. The summed E-state index contributed by atoms with van der Waals surface area (Å²) in [5, 5.41) is 12.3. The van der Waals surface area contributed by atoms with E-state index in [1.165, 1.54) is 0 Å². The van der Waals surface area contributed by atoms with Gasteiger partial charge in [0.05, 0.1) is 5.41 Å². The van der Waals surface area contributed by atoms with Crippen LogP contribution in [0.15, 0.2) is 18.3 Å². The van der Waals surface area contributed by atoms with E-state index < -0.39 is 11.4 Å². The predicted octanol–water partition coefficient (Wildman–Crippen LogP) is 2.43. The normalized spacial score (nSPS) is 17.2. The molecule has 1 aromatic heterocycles. The van der Waals surface area contributed by atoms with Gasteiger partial charge in [-0.3, -0.25) is 14.6 Å². The summed E-state index contributed by atoms with van der Waals surface area (Å²) < 4.78 is 0. The first-order valence-corrected chi connectivity index (χ1v) is 7.43. The first-order valence-electron chi connectivity index (χ1n) is 7.43. The zero-order chi connectivity index (χ0) is 15.3. The van der Waals surface area contributed by atoms with E-state index in [2.05, 4.69) is 10.3 Å². The average molecular weight is 290 g/mol. The van der Waals surface area contributed by atoms with Gasteiger partial charge in [0.2, 0.25) is 5.91 Å². The lowest BCUT2D eigenvalue weighted by molar-refractivity contribution is -0.154. The third-order valence-corrected chi connectivity index (χ3v) is 4.23. The highest BCUT2D eigenvalue weighted by Crippen LogP contribution is 2.39. The van der Waals surface area contributed by atoms with Crippen molar-refractivity contribution in [3.8, 4) is 0 Å². The van der Waals surface area contributed by atoms with Gasteiger partial charge < -0.3 is 10.4 Å². The quantitative estimate of drug-likeness (QED) is 0.873. The maximum atomic E-state index is 12.1. The zero-order valence-corrected chi connectivity index (χ0v) is 12.4. The Labute approximate surface area is 124 Å². The number of rotatable bonds is 5. The first-order chi connectivity index (χ1) is 10.0. The molecule has 1 aromatic rings. The molecule has 1 saturated carbocycles. The smallest absolute Gasteiger partial charge is 0.310 e. The van der Waals surface area contributed by atoms with Crippen LogP contribution in [-0.2, 0) is 16.1 Å². The van der Waals surface area contributed by atoms with Crippen LogP contribution >= 0.6 is 0 Å². The topological polar surface area (TPSA) is 79.3 Å². The lowest BCUT2D eigenvalue weighted by Gasteiger charge is -2.32. The largest absolute Gasteiger partial charge is 0.481 e. The number of aliphatic carboxylic acids is 1. The van der Waals surface area contributed by atoms with Crippen LogP contribution in [0.2, 0.25) is 0 Å². The van der Waals surface area contributed by atoms with Gasteiger partial charge in [0.15, 0.2) is 0 Å². The number of carboxylic acids is 1. The van der Waals surface area contributed by atoms with Gasteiger partial charge in [-0.25, -0.2) is 0 Å². The van der Waals surface area contributed by atoms with Gasteiger partial charge in [-0.15, -0.1) is 0 Å². The summed E-state index contributed by atoms with van der Waals surface area (Å²) in [5.74, 6) is -1.03. The van der Waals surface area contributed by atoms with E-state index in [9.17, 15) is 14.7 Å². The van der Waals surface area contributed by atoms with Crippen LogP contribution < -0.4 is 5.32 Å². The minimum atomic E-state index is -0.867. The zero-order valence-electron chi connectivity index (χ0n) is 12.4. The van der Waals surface area contributed by atoms with Gasteiger partial charge in [-0.2, -0.15) is 0 Å². The molecule has 0 bridgehead atoms. The number of aryl methyl sites for hydroxylation is 1. The van der Waals surface area contributed by atoms with E-state index in [0.717, 1.165) is 30.5 Å². The van der Waals surface area contributed by atoms with Crippen LogP contribution in [0.3, 0.4) is 0 Å². The summed E-state index contributed by atoms with van der Waals surface area (Å²) >= 11 is 0. The summed E-state index contributed by atoms with van der Waals surface area (Å²) in [6.07, 6.45) is 5.84. The van der Waals surface area contributed by atoms with Gasteiger partial charge in [0.1, 0.15) is 0 Å². The van der Waals surface area contributed by atoms with Crippen molar-refractivity contribution in [3.63, 3.8) is 0 Å². The minimum Gasteiger partial charge on any atom is -0.481 e. The number of hydrogen-bond donors (Lipinski definition) is 2. The molecule has 5 nitrogen and oxygen atoms in total. The summed E-state index contributed by atoms with van der Waals surface area (Å²) in [6, 6.07) is 3.80. The molecule has 1 aliphatic rings. The Morgan fingerprint density at radius 2 is 2.00 bits per heavy atom. The van der Waals surface area contributed by atoms with E-state index in [1.807, 2.05) is 19.1 Å². The van der Waals surface area contributed by atoms with Crippen LogP contribution in [0.25, 0.3) is 0 Å². The fourth-order valence-corrected chi connectivity index (χ4v) is 2.87. The SMILES string of the molecule is Cc1ccc(CNC(=O)CC2(C(=O)O)CCCCC2)cn1. The van der Waals surface area contributed by atoms with Crippen LogP contribution in [0.1, 0.15) is 49.8 Å². The van der Waals surface area contributed by atoms with Crippen molar-refractivity contribution in [2.24, 2.45) is 5.41 Å². The summed E-state index contributed by atoms with van der Waals surface area (Å²) in [5.41, 5.74) is 0.979. The van der Waals surface area contributed by atoms with Crippen molar-refractivity contribution >= 4 is 11.9 Å². The second-order valence-electron chi connectivity index (χ2n) is 5.91. The lowest BCUT2D eigenvalue weighted by Crippen LogP contribution is -2.39. The maximum absolute atomic E-state index is 12.1. The summed E-state index contributed by atoms with van der Waals surface area (Å²) in [7, 11) is 0. The molecule has 0 unspecified atom stereocenters. The van der Waals surface area contributed by atoms with E-state index in [1.54, 1.807) is 6.20 Å². The van der Waals surface area contributed by atoms with E-state index >= 15 is 0 Å². The molecular weight excluding hydrogens is 268 g/mol. The molecule has 0 spiro atoms. The monoisotopic (exact) mass is 290 g/mol. The summed E-state index contributed by atoms with van der Waals surface area (Å²) in [4.78, 5) is 27.8. The van der Waals surface area contributed by atoms with Crippen LogP contribution in [0, 0.1) is 12.3 Å². The fraction of sp³-hybridized carbons (Fsp3) is 0.562. The molecule has 1 aliphatic carbocycles. The number of amides is 1. The van der Waals surface area contributed by atoms with Gasteiger partial charge in [-0.05, 0) is 31.4 Å². The second kappa shape index (κ2) is 6.70. The Hall–Kier alpha value is -1.91. The first kappa shape index (κ1) is 15.5. The van der Waals surface area contributed by atoms with Gasteiger partial charge in [-0.1, -0.05) is 25.3 Å². The highest BCUT2D eigenvalue weighted by atomic mass is 16.4. The van der Waals surface area contributed by atoms with Crippen molar-refractivity contribution in [2.75, 3.05) is 0 Å². The van der Waals surface area contributed by atoms with Crippen molar-refractivity contribution in [1.82, 2.24) is 10.3 Å². The van der Waals surface area contributed by atoms with Crippen molar-refractivity contribution < 1.29 is 14.7 Å². The number of hydrogen-bond acceptors (Lipinski definition) is 3. The molecule has 2 rings (SSSR count). The molecule has 5 heteroatoms. The molecule has 114 valence electrons. The molecule has 1 heterocycles. The van der Waals surface area contributed by atoms with Crippen molar-refractivity contribution in [3.05, 3.63) is 29.6 Å². The van der Waals surface area contributed by atoms with Crippen LogP contribution in [0.5, 0.6) is 0 Å². The number of pyridine rings is 1. The Kier molecular flexibility index (Phi) is 4.94. The highest BCUT2D eigenvalue weighted by molar-refractivity contribution is 5.85. The Balaban J connectivity index is 1.90. The van der Waals surface area contributed by atoms with Gasteiger partial charge in [0.25, 0.3) is 0 Å². The van der Waals surface area contributed by atoms with Gasteiger partial charge >= 0.3 is 5.97 Å². The number of carbonyl (C=O) groups excluding carboxylic acids is 1. The number of carboxylic acid groups (broad SMARTS) is 1. The molecule has 0 saturated heterocycles. The number of nitrogens with one attached hydrogen (secondary N) is 1. The Bertz CT molecular complexity index is 505. The molecule has 0 aliphatic heterocycles. The van der Waals surface area contributed by atoms with E-state index in [-0.39, 0.29) is 12.3 Å². The van der Waals surface area contributed by atoms with Crippen molar-refractivity contribution in [2.45, 2.75) is 52.0 Å². The second-order valence-corrected chi connectivity index (χ2v) is 5.91. The summed E-state index contributed by atoms with van der Waals surface area (Å²) in [6.45, 7) is 2.30. The Morgan fingerprint density at radius 1 is 1.29 bits per heavy atom. The molecule has 1 amide bonds. The maximum Gasteiger partial charge on any atom is 0.310 e. The minimum absolute atomic E-state index is 0.0711. The van der Waals surface area contributed by atoms with E-state index in [0.29, 0.717) is 19.4 Å². The highest BCUT2D eigenvalue weighted by Gasteiger charge is 2.41. The third-order valence-electron chi connectivity index (χ3n) is 4.23. The molecular formula is C16H22N2O3. The van der Waals surface area contributed by atoms with E-state index in [4.69, 9.17) is 0 Å². The van der Waals surface area contributed by atoms with Crippen LogP contribution in [0.4, 0.5) is 0 Å². The number of aromatic nitrogens is 1. The number of nitrogens with zero attached hydrogens (tertiary/aromatic N) is 1. The molecule has 21 heavy (non-hydrogen) atoms. The predicted molar refractivity (Wildman–Crippen MR) is 78.6 cm³/mol. The Morgan fingerprint density at radius 3 is 2.57 bits per heavy atom. The number of carbonyl (C=O) groups is 2. The average Bonchev–Trinajstić information content (AvgIpc) is 2.47. The molecule has 2 N–H and O–H groups in total. The van der Waals surface area contributed by atoms with Gasteiger partial charge in [0, 0.05) is 24.9 Å².